The van der Waals surface area contributed by atoms with E-state index in [1.54, 1.807) is 0 Å². The van der Waals surface area contributed by atoms with Crippen LogP contribution in [0.3, 0.4) is 0 Å². The van der Waals surface area contributed by atoms with Crippen molar-refractivity contribution in [1.29, 1.82) is 0 Å². The normalized spacial score (nSPS) is 16.9. The van der Waals surface area contributed by atoms with Crippen LogP contribution in [0.15, 0.2) is 24.3 Å². The van der Waals surface area contributed by atoms with Crippen LogP contribution in [0, 0.1) is 6.92 Å². The van der Waals surface area contributed by atoms with Gasteiger partial charge >= 0.3 is 0 Å². The van der Waals surface area contributed by atoms with Crippen molar-refractivity contribution in [3.05, 3.63) is 35.5 Å². The van der Waals surface area contributed by atoms with E-state index in [4.69, 9.17) is 5.73 Å². The van der Waals surface area contributed by atoms with Crippen LogP contribution in [0.4, 0.5) is 5.13 Å². The van der Waals surface area contributed by atoms with Crippen molar-refractivity contribution in [2.75, 3.05) is 31.3 Å². The zero-order valence-corrected chi connectivity index (χ0v) is 16.0. The van der Waals surface area contributed by atoms with Gasteiger partial charge in [-0.05, 0) is 12.5 Å². The number of nitrogens with two attached hydrogens (primary N) is 1. The molecule has 1 atom stereocenters. The highest BCUT2D eigenvalue weighted by molar-refractivity contribution is 8.00. The average Bonchev–Trinajstić information content (AvgIpc) is 3.21. The summed E-state index contributed by atoms with van der Waals surface area (Å²) < 4.78 is 0. The summed E-state index contributed by atoms with van der Waals surface area (Å²) in [5.41, 5.74) is 7.90. The second-order valence-corrected chi connectivity index (χ2v) is 8.23. The van der Waals surface area contributed by atoms with Crippen molar-refractivity contribution in [2.45, 2.75) is 12.3 Å². The maximum Gasteiger partial charge on any atom is 0.275 e. The highest BCUT2D eigenvalue weighted by atomic mass is 32.2. The number of carbonyl (C=O) groups excluding carboxylic acids is 2. The number of amides is 2. The van der Waals surface area contributed by atoms with E-state index in [9.17, 15) is 9.59 Å². The quantitative estimate of drug-likeness (QED) is 0.885. The number of aryl methyl sites for hydroxylation is 1. The summed E-state index contributed by atoms with van der Waals surface area (Å²) in [5.74, 6) is -0.0326. The molecule has 3 rings (SSSR count). The number of nitrogens with zero attached hydrogens (tertiary/aromatic N) is 3. The fourth-order valence-electron chi connectivity index (χ4n) is 2.68. The molecule has 6 nitrogen and oxygen atoms in total. The van der Waals surface area contributed by atoms with Gasteiger partial charge in [-0.15, -0.1) is 11.8 Å². The van der Waals surface area contributed by atoms with Crippen LogP contribution in [0.1, 0.15) is 16.1 Å². The topological polar surface area (TPSA) is 79.5 Å². The van der Waals surface area contributed by atoms with Crippen LogP contribution in [0.2, 0.25) is 0 Å². The number of anilines is 1. The predicted molar refractivity (Wildman–Crippen MR) is 103 cm³/mol. The second kappa shape index (κ2) is 7.05. The summed E-state index contributed by atoms with van der Waals surface area (Å²) in [6.07, 6.45) is 0. The van der Waals surface area contributed by atoms with E-state index >= 15 is 0 Å². The van der Waals surface area contributed by atoms with Crippen LogP contribution in [0.5, 0.6) is 0 Å². The molecule has 0 bridgehead atoms. The molecule has 1 aromatic heterocycles. The Labute approximate surface area is 155 Å². The summed E-state index contributed by atoms with van der Waals surface area (Å²) in [6.45, 7) is 2.51. The minimum atomic E-state index is -0.623. The zero-order valence-electron chi connectivity index (χ0n) is 14.4. The first kappa shape index (κ1) is 17.8. The Kier molecular flexibility index (Phi) is 5.01. The number of aromatic nitrogens is 1. The fraction of sp³-hybridized carbons (Fsp3) is 0.353. The lowest BCUT2D eigenvalue weighted by Crippen LogP contribution is -2.42. The summed E-state index contributed by atoms with van der Waals surface area (Å²) in [7, 11) is 3.79. The lowest BCUT2D eigenvalue weighted by molar-refractivity contribution is -0.119. The third-order valence-electron chi connectivity index (χ3n) is 3.88. The fourth-order valence-corrected chi connectivity index (χ4v) is 4.72. The molecular formula is C17H20N4O2S2. The average molecular weight is 377 g/mol. The summed E-state index contributed by atoms with van der Waals surface area (Å²) in [6, 6.07) is 7.99. The Bertz CT molecular complexity index is 819. The number of hydrogen-bond donors (Lipinski definition) is 1. The first-order chi connectivity index (χ1) is 11.9. The number of benzene rings is 1. The molecular weight excluding hydrogens is 356 g/mol. The summed E-state index contributed by atoms with van der Waals surface area (Å²) >= 11 is 2.87. The third-order valence-corrected chi connectivity index (χ3v) is 6.37. The zero-order chi connectivity index (χ0) is 18.1. The number of thiazole rings is 1. The van der Waals surface area contributed by atoms with E-state index in [2.05, 4.69) is 4.98 Å². The van der Waals surface area contributed by atoms with Gasteiger partial charge in [-0.1, -0.05) is 41.2 Å². The van der Waals surface area contributed by atoms with Gasteiger partial charge in [-0.2, -0.15) is 0 Å². The van der Waals surface area contributed by atoms with Gasteiger partial charge in [0.25, 0.3) is 11.8 Å². The molecule has 1 aromatic carbocycles. The van der Waals surface area contributed by atoms with Gasteiger partial charge in [0.15, 0.2) is 10.5 Å². The lowest BCUT2D eigenvalue weighted by Gasteiger charge is -2.20. The van der Waals surface area contributed by atoms with E-state index in [1.807, 2.05) is 50.2 Å². The molecule has 1 aliphatic heterocycles. The maximum absolute atomic E-state index is 13.1. The van der Waals surface area contributed by atoms with Crippen molar-refractivity contribution < 1.29 is 9.59 Å². The molecule has 1 fully saturated rings. The van der Waals surface area contributed by atoms with Gasteiger partial charge in [0.05, 0.1) is 4.88 Å². The molecule has 1 aliphatic rings. The van der Waals surface area contributed by atoms with E-state index in [0.717, 1.165) is 21.1 Å². The molecule has 2 N–H and O–H groups in total. The Balaban J connectivity index is 2.05. The smallest absolute Gasteiger partial charge is 0.275 e. The number of primary amides is 1. The molecule has 1 unspecified atom stereocenters. The number of carbonyl (C=O) groups is 2. The molecule has 2 heterocycles. The van der Waals surface area contributed by atoms with Gasteiger partial charge in [-0.25, -0.2) is 4.98 Å². The van der Waals surface area contributed by atoms with Crippen molar-refractivity contribution in [1.82, 2.24) is 9.88 Å². The largest absolute Gasteiger partial charge is 0.367 e. The van der Waals surface area contributed by atoms with Crippen LogP contribution in [-0.4, -0.2) is 53.5 Å². The maximum atomic E-state index is 13.1. The van der Waals surface area contributed by atoms with E-state index in [-0.39, 0.29) is 5.91 Å². The predicted octanol–water partition coefficient (Wildman–Crippen LogP) is 2.18. The van der Waals surface area contributed by atoms with Crippen LogP contribution in [-0.2, 0) is 4.79 Å². The summed E-state index contributed by atoms with van der Waals surface area (Å²) in [5, 5.41) is 0.129. The first-order valence-electron chi connectivity index (χ1n) is 7.85. The SMILES string of the molecule is Cc1cccc(-c2sc(N(C)C)nc2C(=O)N2CCSC2C(N)=O)c1. The minimum Gasteiger partial charge on any atom is -0.367 e. The van der Waals surface area contributed by atoms with E-state index in [1.165, 1.54) is 28.0 Å². The molecule has 2 amide bonds. The van der Waals surface area contributed by atoms with Crippen molar-refractivity contribution in [2.24, 2.45) is 5.73 Å². The standard InChI is InChI=1S/C17H20N4O2S2/c1-10-5-4-6-11(9-10)13-12(19-17(25-13)20(2)3)15(23)21-7-8-24-16(21)14(18)22/h4-6,9,16H,7-8H2,1-3H3,(H2,18,22). The van der Waals surface area contributed by atoms with Gasteiger partial charge in [0, 0.05) is 26.4 Å². The molecule has 0 saturated carbocycles. The Morgan fingerprint density at radius 3 is 2.76 bits per heavy atom. The Morgan fingerprint density at radius 2 is 2.12 bits per heavy atom. The molecule has 8 heteroatoms. The lowest BCUT2D eigenvalue weighted by atomic mass is 10.1. The number of rotatable bonds is 4. The number of hydrogen-bond acceptors (Lipinski definition) is 6. The highest BCUT2D eigenvalue weighted by Gasteiger charge is 2.36. The van der Waals surface area contributed by atoms with Crippen molar-refractivity contribution in [3.8, 4) is 10.4 Å². The summed E-state index contributed by atoms with van der Waals surface area (Å²) in [4.78, 5) is 33.5. The molecule has 1 saturated heterocycles. The third kappa shape index (κ3) is 3.50. The van der Waals surface area contributed by atoms with E-state index < -0.39 is 11.3 Å². The van der Waals surface area contributed by atoms with Crippen LogP contribution in [0.25, 0.3) is 10.4 Å². The van der Waals surface area contributed by atoms with Crippen LogP contribution < -0.4 is 10.6 Å². The van der Waals surface area contributed by atoms with E-state index in [0.29, 0.717) is 18.0 Å². The van der Waals surface area contributed by atoms with Crippen molar-refractivity contribution in [3.63, 3.8) is 0 Å². The van der Waals surface area contributed by atoms with Gasteiger partial charge in [0.2, 0.25) is 0 Å². The molecule has 0 radical (unpaired) electrons. The molecule has 2 aromatic rings. The Morgan fingerprint density at radius 1 is 1.36 bits per heavy atom. The highest BCUT2D eigenvalue weighted by Crippen LogP contribution is 2.36. The molecule has 25 heavy (non-hydrogen) atoms. The van der Waals surface area contributed by atoms with Crippen molar-refractivity contribution >= 4 is 40.0 Å². The molecule has 0 aliphatic carbocycles. The van der Waals surface area contributed by atoms with Crippen LogP contribution >= 0.6 is 23.1 Å². The number of thioether (sulfide) groups is 1. The monoisotopic (exact) mass is 376 g/mol. The first-order valence-corrected chi connectivity index (χ1v) is 9.72. The Hall–Kier alpha value is -2.06. The minimum absolute atomic E-state index is 0.241. The molecule has 132 valence electrons. The van der Waals surface area contributed by atoms with Gasteiger partial charge in [-0.3, -0.25) is 9.59 Å². The molecule has 0 spiro atoms. The van der Waals surface area contributed by atoms with Gasteiger partial charge < -0.3 is 15.5 Å². The van der Waals surface area contributed by atoms with Gasteiger partial charge in [0.1, 0.15) is 5.69 Å². The second-order valence-electron chi connectivity index (χ2n) is 6.06.